The molecule has 2 N–H and O–H groups in total. The van der Waals surface area contributed by atoms with Gasteiger partial charge in [-0.05, 0) is 62.6 Å². The summed E-state index contributed by atoms with van der Waals surface area (Å²) in [7, 11) is 0. The van der Waals surface area contributed by atoms with Crippen molar-refractivity contribution < 1.29 is 4.79 Å². The van der Waals surface area contributed by atoms with E-state index in [0.717, 1.165) is 32.2 Å². The van der Waals surface area contributed by atoms with Crippen molar-refractivity contribution >= 4 is 5.91 Å². The van der Waals surface area contributed by atoms with E-state index in [4.69, 9.17) is 5.73 Å². The highest BCUT2D eigenvalue weighted by molar-refractivity contribution is 5.80. The minimum absolute atomic E-state index is 0.179. The number of hydrogen-bond donors (Lipinski definition) is 1. The molecule has 1 aromatic carbocycles. The lowest BCUT2D eigenvalue weighted by Gasteiger charge is -2.40. The summed E-state index contributed by atoms with van der Waals surface area (Å²) in [5.41, 5.74) is 8.44. The van der Waals surface area contributed by atoms with Crippen molar-refractivity contribution in [2.24, 2.45) is 11.7 Å². The Balaban J connectivity index is 1.68. The lowest BCUT2D eigenvalue weighted by atomic mass is 9.82. The summed E-state index contributed by atoms with van der Waals surface area (Å²) in [5, 5.41) is 0. The first kappa shape index (κ1) is 14.6. The molecule has 0 spiro atoms. The summed E-state index contributed by atoms with van der Waals surface area (Å²) in [4.78, 5) is 15.1. The van der Waals surface area contributed by atoms with Crippen LogP contribution in [0.2, 0.25) is 0 Å². The van der Waals surface area contributed by atoms with Crippen molar-refractivity contribution in [2.45, 2.75) is 51.0 Å². The largest absolute Gasteiger partial charge is 0.339 e. The summed E-state index contributed by atoms with van der Waals surface area (Å²) in [6.07, 6.45) is 7.51. The number of carbonyl (C=O) groups excluding carboxylic acids is 1. The molecule has 1 atom stereocenters. The van der Waals surface area contributed by atoms with Gasteiger partial charge in [-0.25, -0.2) is 0 Å². The van der Waals surface area contributed by atoms with Crippen LogP contribution < -0.4 is 5.73 Å². The van der Waals surface area contributed by atoms with E-state index in [2.05, 4.69) is 29.2 Å². The normalized spacial score (nSPS) is 21.5. The van der Waals surface area contributed by atoms with Gasteiger partial charge >= 0.3 is 0 Å². The van der Waals surface area contributed by atoms with Crippen molar-refractivity contribution in [3.63, 3.8) is 0 Å². The molecule has 1 saturated carbocycles. The van der Waals surface area contributed by atoms with Gasteiger partial charge in [0.25, 0.3) is 0 Å². The molecular weight excluding hydrogens is 260 g/mol. The third kappa shape index (κ3) is 3.13. The topological polar surface area (TPSA) is 46.3 Å². The molecule has 0 saturated heterocycles. The molecule has 1 unspecified atom stereocenters. The van der Waals surface area contributed by atoms with Crippen LogP contribution in [0.1, 0.15) is 43.2 Å². The monoisotopic (exact) mass is 286 g/mol. The SMILES string of the molecule is NCCCN(C(=O)C1CCc2ccccc2C1)C1CCC1. The van der Waals surface area contributed by atoms with E-state index in [0.29, 0.717) is 18.5 Å². The van der Waals surface area contributed by atoms with Gasteiger partial charge in [0.15, 0.2) is 0 Å². The van der Waals surface area contributed by atoms with Crippen LogP contribution in [-0.2, 0) is 17.6 Å². The number of amides is 1. The standard InChI is InChI=1S/C18H26N2O/c19-11-4-12-20(17-7-3-8-17)18(21)16-10-9-14-5-1-2-6-15(14)13-16/h1-2,5-6,16-17H,3-4,7-13,19H2. The maximum absolute atomic E-state index is 12.9. The lowest BCUT2D eigenvalue weighted by molar-refractivity contribution is -0.140. The quantitative estimate of drug-likeness (QED) is 0.904. The molecule has 21 heavy (non-hydrogen) atoms. The maximum atomic E-state index is 12.9. The molecule has 1 aromatic rings. The van der Waals surface area contributed by atoms with E-state index in [1.165, 1.54) is 30.4 Å². The Labute approximate surface area is 127 Å². The number of rotatable bonds is 5. The second kappa shape index (κ2) is 6.61. The van der Waals surface area contributed by atoms with Gasteiger partial charge in [-0.3, -0.25) is 4.79 Å². The molecule has 0 aromatic heterocycles. The fraction of sp³-hybridized carbons (Fsp3) is 0.611. The number of nitrogens with zero attached hydrogens (tertiary/aromatic N) is 1. The summed E-state index contributed by atoms with van der Waals surface area (Å²) in [6.45, 7) is 1.52. The zero-order valence-corrected chi connectivity index (χ0v) is 12.8. The summed E-state index contributed by atoms with van der Waals surface area (Å²) < 4.78 is 0. The fourth-order valence-electron chi connectivity index (χ4n) is 3.58. The number of fused-ring (bicyclic) bond motifs is 1. The van der Waals surface area contributed by atoms with Crippen LogP contribution in [-0.4, -0.2) is 29.9 Å². The van der Waals surface area contributed by atoms with Crippen molar-refractivity contribution in [1.29, 1.82) is 0 Å². The first-order valence-electron chi connectivity index (χ1n) is 8.37. The minimum atomic E-state index is 0.179. The Bertz CT molecular complexity index is 496. The third-order valence-corrected chi connectivity index (χ3v) is 5.10. The van der Waals surface area contributed by atoms with E-state index in [9.17, 15) is 4.79 Å². The summed E-state index contributed by atoms with van der Waals surface area (Å²) in [6, 6.07) is 9.06. The maximum Gasteiger partial charge on any atom is 0.226 e. The number of aryl methyl sites for hydroxylation is 1. The van der Waals surface area contributed by atoms with E-state index >= 15 is 0 Å². The van der Waals surface area contributed by atoms with Crippen LogP contribution in [0.25, 0.3) is 0 Å². The van der Waals surface area contributed by atoms with Gasteiger partial charge in [0.2, 0.25) is 5.91 Å². The van der Waals surface area contributed by atoms with Crippen molar-refractivity contribution in [1.82, 2.24) is 4.90 Å². The van der Waals surface area contributed by atoms with Crippen LogP contribution in [0.5, 0.6) is 0 Å². The molecule has 0 bridgehead atoms. The van der Waals surface area contributed by atoms with Gasteiger partial charge in [-0.1, -0.05) is 24.3 Å². The second-order valence-corrected chi connectivity index (χ2v) is 6.47. The van der Waals surface area contributed by atoms with Crippen LogP contribution >= 0.6 is 0 Å². The van der Waals surface area contributed by atoms with Crippen LogP contribution in [0, 0.1) is 5.92 Å². The number of nitrogens with two attached hydrogens (primary N) is 1. The smallest absolute Gasteiger partial charge is 0.226 e. The first-order valence-corrected chi connectivity index (χ1v) is 8.37. The Morgan fingerprint density at radius 1 is 1.19 bits per heavy atom. The molecule has 0 radical (unpaired) electrons. The van der Waals surface area contributed by atoms with Crippen molar-refractivity contribution in [3.8, 4) is 0 Å². The van der Waals surface area contributed by atoms with Gasteiger partial charge in [-0.15, -0.1) is 0 Å². The zero-order valence-electron chi connectivity index (χ0n) is 12.8. The molecule has 3 heteroatoms. The average Bonchev–Trinajstić information content (AvgIpc) is 2.48. The predicted molar refractivity (Wildman–Crippen MR) is 85.0 cm³/mol. The summed E-state index contributed by atoms with van der Waals surface area (Å²) >= 11 is 0. The molecular formula is C18H26N2O. The second-order valence-electron chi connectivity index (χ2n) is 6.47. The first-order chi connectivity index (χ1) is 10.3. The van der Waals surface area contributed by atoms with E-state index in [1.807, 2.05) is 0 Å². The van der Waals surface area contributed by atoms with Crippen LogP contribution in [0.4, 0.5) is 0 Å². The number of hydrogen-bond acceptors (Lipinski definition) is 2. The highest BCUT2D eigenvalue weighted by atomic mass is 16.2. The molecule has 0 aliphatic heterocycles. The fourth-order valence-corrected chi connectivity index (χ4v) is 3.58. The molecule has 2 aliphatic carbocycles. The molecule has 3 rings (SSSR count). The third-order valence-electron chi connectivity index (χ3n) is 5.10. The Kier molecular flexibility index (Phi) is 4.59. The zero-order chi connectivity index (χ0) is 14.7. The lowest BCUT2D eigenvalue weighted by Crippen LogP contribution is -2.48. The van der Waals surface area contributed by atoms with Gasteiger partial charge in [-0.2, -0.15) is 0 Å². The van der Waals surface area contributed by atoms with Gasteiger partial charge in [0, 0.05) is 18.5 Å². The van der Waals surface area contributed by atoms with Crippen molar-refractivity contribution in [3.05, 3.63) is 35.4 Å². The molecule has 2 aliphatic rings. The van der Waals surface area contributed by atoms with E-state index < -0.39 is 0 Å². The van der Waals surface area contributed by atoms with Crippen LogP contribution in [0.3, 0.4) is 0 Å². The molecule has 114 valence electrons. The highest BCUT2D eigenvalue weighted by Gasteiger charge is 2.33. The Hall–Kier alpha value is -1.35. The molecule has 3 nitrogen and oxygen atoms in total. The van der Waals surface area contributed by atoms with Gasteiger partial charge in [0.1, 0.15) is 0 Å². The Morgan fingerprint density at radius 2 is 1.95 bits per heavy atom. The molecule has 0 heterocycles. The van der Waals surface area contributed by atoms with Gasteiger partial charge in [0.05, 0.1) is 0 Å². The molecule has 1 amide bonds. The minimum Gasteiger partial charge on any atom is -0.339 e. The van der Waals surface area contributed by atoms with E-state index in [1.54, 1.807) is 0 Å². The van der Waals surface area contributed by atoms with E-state index in [-0.39, 0.29) is 5.92 Å². The number of carbonyl (C=O) groups is 1. The highest BCUT2D eigenvalue weighted by Crippen LogP contribution is 2.31. The average molecular weight is 286 g/mol. The van der Waals surface area contributed by atoms with Gasteiger partial charge < -0.3 is 10.6 Å². The van der Waals surface area contributed by atoms with Crippen molar-refractivity contribution in [2.75, 3.05) is 13.1 Å². The summed E-state index contributed by atoms with van der Waals surface area (Å²) in [5.74, 6) is 0.556. The van der Waals surface area contributed by atoms with Crippen LogP contribution in [0.15, 0.2) is 24.3 Å². The number of benzene rings is 1. The molecule has 1 fully saturated rings. The predicted octanol–water partition coefficient (Wildman–Crippen LogP) is 2.52. The Morgan fingerprint density at radius 3 is 2.62 bits per heavy atom.